The van der Waals surface area contributed by atoms with E-state index in [1.165, 1.54) is 0 Å². The fourth-order valence-corrected chi connectivity index (χ4v) is 2.50. The number of rotatable bonds is 3. The molecule has 2 aromatic rings. The molecule has 2 atom stereocenters. The first-order valence-corrected chi connectivity index (χ1v) is 7.64. The van der Waals surface area contributed by atoms with Crippen molar-refractivity contribution in [2.75, 3.05) is 12.4 Å². The first-order valence-electron chi connectivity index (χ1n) is 7.64. The van der Waals surface area contributed by atoms with Crippen LogP contribution in [0.5, 0.6) is 11.5 Å². The van der Waals surface area contributed by atoms with Gasteiger partial charge in [0.1, 0.15) is 6.10 Å². The summed E-state index contributed by atoms with van der Waals surface area (Å²) in [5.74, 6) is 0.613. The van der Waals surface area contributed by atoms with Gasteiger partial charge in [-0.15, -0.1) is 0 Å². The molecule has 0 saturated heterocycles. The molecule has 2 amide bonds. The highest BCUT2D eigenvalue weighted by Gasteiger charge is 2.34. The number of amides is 2. The molecule has 1 aliphatic heterocycles. The second kappa shape index (κ2) is 6.62. The van der Waals surface area contributed by atoms with Gasteiger partial charge in [0, 0.05) is 18.3 Å². The average molecular weight is 326 g/mol. The van der Waals surface area contributed by atoms with Crippen LogP contribution in [0.2, 0.25) is 0 Å². The van der Waals surface area contributed by atoms with Gasteiger partial charge in [-0.1, -0.05) is 18.2 Å². The first-order chi connectivity index (χ1) is 11.6. The Kier molecular flexibility index (Phi) is 4.37. The lowest BCUT2D eigenvalue weighted by Crippen LogP contribution is -2.46. The molecule has 2 N–H and O–H groups in total. The van der Waals surface area contributed by atoms with Crippen LogP contribution in [0.15, 0.2) is 48.5 Å². The van der Waals surface area contributed by atoms with Crippen LogP contribution in [0.1, 0.15) is 17.3 Å². The normalized spacial score (nSPS) is 18.6. The Hall–Kier alpha value is -3.02. The van der Waals surface area contributed by atoms with Crippen LogP contribution in [-0.4, -0.2) is 31.1 Å². The first kappa shape index (κ1) is 15.9. The number of hydrogen-bond donors (Lipinski definition) is 2. The van der Waals surface area contributed by atoms with Crippen molar-refractivity contribution in [2.24, 2.45) is 0 Å². The van der Waals surface area contributed by atoms with Gasteiger partial charge in [-0.2, -0.15) is 0 Å². The lowest BCUT2D eigenvalue weighted by atomic mass is 10.1. The summed E-state index contributed by atoms with van der Waals surface area (Å²) >= 11 is 0. The van der Waals surface area contributed by atoms with Gasteiger partial charge < -0.3 is 20.1 Å². The predicted molar refractivity (Wildman–Crippen MR) is 89.4 cm³/mol. The van der Waals surface area contributed by atoms with Crippen molar-refractivity contribution < 1.29 is 19.1 Å². The minimum Gasteiger partial charge on any atom is -0.482 e. The number of para-hydroxylation sites is 2. The van der Waals surface area contributed by atoms with Crippen molar-refractivity contribution in [3.8, 4) is 11.5 Å². The maximum atomic E-state index is 12.5. The molecule has 6 heteroatoms. The van der Waals surface area contributed by atoms with E-state index in [1.54, 1.807) is 50.4 Å². The van der Waals surface area contributed by atoms with Crippen molar-refractivity contribution in [2.45, 2.75) is 19.1 Å². The van der Waals surface area contributed by atoms with Crippen LogP contribution in [0.25, 0.3) is 0 Å². The SMILES string of the molecule is CNC(=O)c1cccc(NC(=O)C2Oc3ccccc3OC2C)c1. The summed E-state index contributed by atoms with van der Waals surface area (Å²) in [6.45, 7) is 1.78. The summed E-state index contributed by atoms with van der Waals surface area (Å²) in [7, 11) is 1.56. The van der Waals surface area contributed by atoms with Crippen LogP contribution in [0, 0.1) is 0 Å². The van der Waals surface area contributed by atoms with Crippen LogP contribution in [-0.2, 0) is 4.79 Å². The molecule has 24 heavy (non-hydrogen) atoms. The van der Waals surface area contributed by atoms with E-state index in [-0.39, 0.29) is 11.8 Å². The van der Waals surface area contributed by atoms with Crippen LogP contribution in [0.4, 0.5) is 5.69 Å². The molecule has 0 aliphatic carbocycles. The van der Waals surface area contributed by atoms with E-state index in [1.807, 2.05) is 12.1 Å². The van der Waals surface area contributed by atoms with Crippen LogP contribution >= 0.6 is 0 Å². The van der Waals surface area contributed by atoms with Gasteiger partial charge in [-0.05, 0) is 37.3 Å². The van der Waals surface area contributed by atoms with E-state index >= 15 is 0 Å². The number of carbonyl (C=O) groups is 2. The highest BCUT2D eigenvalue weighted by molar-refractivity contribution is 5.98. The molecule has 0 saturated carbocycles. The van der Waals surface area contributed by atoms with Gasteiger partial charge in [-0.3, -0.25) is 9.59 Å². The maximum Gasteiger partial charge on any atom is 0.269 e. The molecule has 0 fully saturated rings. The highest BCUT2D eigenvalue weighted by atomic mass is 16.6. The molecule has 1 aliphatic rings. The molecule has 1 heterocycles. The predicted octanol–water partition coefficient (Wildman–Crippen LogP) is 2.21. The zero-order valence-electron chi connectivity index (χ0n) is 13.4. The van der Waals surface area contributed by atoms with E-state index in [2.05, 4.69) is 10.6 Å². The molecule has 0 spiro atoms. The monoisotopic (exact) mass is 326 g/mol. The van der Waals surface area contributed by atoms with E-state index < -0.39 is 12.2 Å². The van der Waals surface area contributed by atoms with E-state index in [0.29, 0.717) is 22.7 Å². The smallest absolute Gasteiger partial charge is 0.269 e. The summed E-state index contributed by atoms with van der Waals surface area (Å²) < 4.78 is 11.5. The summed E-state index contributed by atoms with van der Waals surface area (Å²) in [6, 6.07) is 13.9. The zero-order valence-corrected chi connectivity index (χ0v) is 13.4. The summed E-state index contributed by atoms with van der Waals surface area (Å²) in [5.41, 5.74) is 0.991. The van der Waals surface area contributed by atoms with E-state index in [4.69, 9.17) is 9.47 Å². The van der Waals surface area contributed by atoms with Gasteiger partial charge in [0.05, 0.1) is 0 Å². The quantitative estimate of drug-likeness (QED) is 0.907. The Labute approximate surface area is 139 Å². The molecule has 3 rings (SSSR count). The second-order valence-electron chi connectivity index (χ2n) is 5.46. The number of nitrogens with one attached hydrogen (secondary N) is 2. The van der Waals surface area contributed by atoms with E-state index in [0.717, 1.165) is 0 Å². The van der Waals surface area contributed by atoms with Gasteiger partial charge in [0.2, 0.25) is 6.10 Å². The largest absolute Gasteiger partial charge is 0.482 e. The molecule has 2 aromatic carbocycles. The second-order valence-corrected chi connectivity index (χ2v) is 5.46. The van der Waals surface area contributed by atoms with Crippen molar-refractivity contribution in [1.29, 1.82) is 0 Å². The van der Waals surface area contributed by atoms with Crippen molar-refractivity contribution in [3.05, 3.63) is 54.1 Å². The Morgan fingerprint density at radius 2 is 1.71 bits per heavy atom. The lowest BCUT2D eigenvalue weighted by Gasteiger charge is -2.31. The Morgan fingerprint density at radius 1 is 1.00 bits per heavy atom. The van der Waals surface area contributed by atoms with Gasteiger partial charge in [-0.25, -0.2) is 0 Å². The standard InChI is InChI=1S/C18H18N2O4/c1-11-16(24-15-9-4-3-8-14(15)23-11)18(22)20-13-7-5-6-12(10-13)17(21)19-2/h3-11,16H,1-2H3,(H,19,21)(H,20,22). The Morgan fingerprint density at radius 3 is 2.42 bits per heavy atom. The molecule has 0 radical (unpaired) electrons. The molecule has 6 nitrogen and oxygen atoms in total. The van der Waals surface area contributed by atoms with Crippen molar-refractivity contribution >= 4 is 17.5 Å². The number of benzene rings is 2. The number of fused-ring (bicyclic) bond motifs is 1. The molecule has 0 bridgehead atoms. The van der Waals surface area contributed by atoms with Gasteiger partial charge in [0.15, 0.2) is 11.5 Å². The third-order valence-electron chi connectivity index (χ3n) is 3.72. The zero-order chi connectivity index (χ0) is 17.1. The van der Waals surface area contributed by atoms with E-state index in [9.17, 15) is 9.59 Å². The minimum absolute atomic E-state index is 0.217. The molecular formula is C18H18N2O4. The topological polar surface area (TPSA) is 76.7 Å². The molecule has 124 valence electrons. The molecule has 2 unspecified atom stereocenters. The van der Waals surface area contributed by atoms with Crippen molar-refractivity contribution in [1.82, 2.24) is 5.32 Å². The molecular weight excluding hydrogens is 308 g/mol. The fraction of sp³-hybridized carbons (Fsp3) is 0.222. The Balaban J connectivity index is 1.75. The molecule has 0 aromatic heterocycles. The Bertz CT molecular complexity index is 775. The van der Waals surface area contributed by atoms with Crippen molar-refractivity contribution in [3.63, 3.8) is 0 Å². The summed E-state index contributed by atoms with van der Waals surface area (Å²) in [5, 5.41) is 5.32. The maximum absolute atomic E-state index is 12.5. The number of ether oxygens (including phenoxy) is 2. The third kappa shape index (κ3) is 3.17. The average Bonchev–Trinajstić information content (AvgIpc) is 2.60. The van der Waals surface area contributed by atoms with Crippen LogP contribution < -0.4 is 20.1 Å². The van der Waals surface area contributed by atoms with Crippen LogP contribution in [0.3, 0.4) is 0 Å². The lowest BCUT2D eigenvalue weighted by molar-refractivity contribution is -0.128. The summed E-state index contributed by atoms with van der Waals surface area (Å²) in [4.78, 5) is 24.2. The number of hydrogen-bond acceptors (Lipinski definition) is 4. The minimum atomic E-state index is -0.774. The third-order valence-corrected chi connectivity index (χ3v) is 3.72. The number of carbonyl (C=O) groups excluding carboxylic acids is 2. The van der Waals surface area contributed by atoms with Gasteiger partial charge >= 0.3 is 0 Å². The summed E-state index contributed by atoms with van der Waals surface area (Å²) in [6.07, 6.45) is -1.20. The van der Waals surface area contributed by atoms with Gasteiger partial charge in [0.25, 0.3) is 11.8 Å². The fourth-order valence-electron chi connectivity index (χ4n) is 2.50. The number of anilines is 1. The highest BCUT2D eigenvalue weighted by Crippen LogP contribution is 2.33.